The van der Waals surface area contributed by atoms with Crippen LogP contribution in [-0.2, 0) is 9.53 Å². The number of amides is 1. The van der Waals surface area contributed by atoms with E-state index in [1.54, 1.807) is 23.3 Å². The van der Waals surface area contributed by atoms with E-state index in [4.69, 9.17) is 10.5 Å². The van der Waals surface area contributed by atoms with Gasteiger partial charge in [0.25, 0.3) is 0 Å². The molecule has 2 heterocycles. The van der Waals surface area contributed by atoms with Crippen LogP contribution in [0.25, 0.3) is 0 Å². The third-order valence-electron chi connectivity index (χ3n) is 3.13. The molecule has 9 heteroatoms. The molecule has 0 spiro atoms. The summed E-state index contributed by atoms with van der Waals surface area (Å²) in [5.74, 6) is -0.0307. The Labute approximate surface area is 141 Å². The summed E-state index contributed by atoms with van der Waals surface area (Å²) in [7, 11) is 1.55. The number of methoxy groups -OCH3 is 1. The van der Waals surface area contributed by atoms with Gasteiger partial charge < -0.3 is 20.3 Å². The van der Waals surface area contributed by atoms with Gasteiger partial charge in [0.2, 0.25) is 5.91 Å². The number of ether oxygens (including phenoxy) is 1. The molecule has 1 fully saturated rings. The smallest absolute Gasteiger partial charge is 0.241 e. The predicted molar refractivity (Wildman–Crippen MR) is 90.0 cm³/mol. The molecule has 0 radical (unpaired) electrons. The summed E-state index contributed by atoms with van der Waals surface area (Å²) in [6.07, 6.45) is 0. The topological polar surface area (TPSA) is 71.7 Å². The molecule has 21 heavy (non-hydrogen) atoms. The van der Waals surface area contributed by atoms with E-state index in [9.17, 15) is 4.79 Å². The largest absolute Gasteiger partial charge is 0.383 e. The van der Waals surface area contributed by atoms with E-state index >= 15 is 0 Å². The molecule has 1 aliphatic heterocycles. The zero-order valence-corrected chi connectivity index (χ0v) is 14.6. The van der Waals surface area contributed by atoms with Crippen molar-refractivity contribution in [3.63, 3.8) is 0 Å². The molecule has 1 aliphatic rings. The minimum Gasteiger partial charge on any atom is -0.383 e. The number of carbonyl (C=O) groups excluding carboxylic acids is 1. The van der Waals surface area contributed by atoms with Crippen LogP contribution in [0.15, 0.2) is 5.38 Å². The number of hydrogen-bond acceptors (Lipinski definition) is 6. The first-order chi connectivity index (χ1) is 9.11. The summed E-state index contributed by atoms with van der Waals surface area (Å²) in [4.78, 5) is 20.5. The molecule has 1 amide bonds. The maximum Gasteiger partial charge on any atom is 0.241 e. The van der Waals surface area contributed by atoms with Gasteiger partial charge >= 0.3 is 0 Å². The van der Waals surface area contributed by atoms with E-state index in [0.29, 0.717) is 13.1 Å². The SMILES string of the molecule is COCC(N)C(=O)N1CCN(c2nc(C)cs2)CC1.Cl.Cl. The van der Waals surface area contributed by atoms with Gasteiger partial charge in [-0.2, -0.15) is 0 Å². The number of halogens is 2. The molecule has 6 nitrogen and oxygen atoms in total. The van der Waals surface area contributed by atoms with E-state index in [2.05, 4.69) is 9.88 Å². The van der Waals surface area contributed by atoms with Crippen molar-refractivity contribution in [1.29, 1.82) is 0 Å². The van der Waals surface area contributed by atoms with E-state index < -0.39 is 6.04 Å². The second-order valence-corrected chi connectivity index (χ2v) is 5.48. The van der Waals surface area contributed by atoms with Crippen molar-refractivity contribution >= 4 is 47.2 Å². The number of anilines is 1. The van der Waals surface area contributed by atoms with Crippen LogP contribution in [0.2, 0.25) is 0 Å². The predicted octanol–water partition coefficient (Wildman–Crippen LogP) is 0.917. The molecule has 1 saturated heterocycles. The molecule has 122 valence electrons. The summed E-state index contributed by atoms with van der Waals surface area (Å²) >= 11 is 1.65. The number of hydrogen-bond donors (Lipinski definition) is 1. The highest BCUT2D eigenvalue weighted by Gasteiger charge is 2.26. The van der Waals surface area contributed by atoms with Crippen LogP contribution in [0.3, 0.4) is 0 Å². The Morgan fingerprint density at radius 3 is 2.52 bits per heavy atom. The van der Waals surface area contributed by atoms with Crippen molar-refractivity contribution in [2.75, 3.05) is 44.8 Å². The first kappa shape index (κ1) is 20.4. The molecular formula is C12H22Cl2N4O2S. The molecule has 0 saturated carbocycles. The van der Waals surface area contributed by atoms with Gasteiger partial charge in [-0.05, 0) is 6.92 Å². The van der Waals surface area contributed by atoms with Crippen LogP contribution < -0.4 is 10.6 Å². The Balaban J connectivity index is 0.00000200. The molecule has 0 aliphatic carbocycles. The van der Waals surface area contributed by atoms with E-state index in [-0.39, 0.29) is 37.3 Å². The average molecular weight is 357 g/mol. The lowest BCUT2D eigenvalue weighted by molar-refractivity contribution is -0.134. The van der Waals surface area contributed by atoms with Gasteiger partial charge in [-0.3, -0.25) is 4.79 Å². The van der Waals surface area contributed by atoms with Crippen molar-refractivity contribution in [1.82, 2.24) is 9.88 Å². The molecule has 2 rings (SSSR count). The summed E-state index contributed by atoms with van der Waals surface area (Å²) in [5, 5.41) is 3.08. The van der Waals surface area contributed by atoms with Gasteiger partial charge in [-0.25, -0.2) is 4.98 Å². The molecule has 0 bridgehead atoms. The lowest BCUT2D eigenvalue weighted by atomic mass is 10.2. The second kappa shape index (κ2) is 9.42. The maximum atomic E-state index is 12.0. The highest BCUT2D eigenvalue weighted by Crippen LogP contribution is 2.21. The Bertz CT molecular complexity index is 439. The number of thiazole rings is 1. The van der Waals surface area contributed by atoms with Crippen molar-refractivity contribution in [2.24, 2.45) is 5.73 Å². The van der Waals surface area contributed by atoms with Crippen molar-refractivity contribution in [3.8, 4) is 0 Å². The average Bonchev–Trinajstić information content (AvgIpc) is 2.85. The van der Waals surface area contributed by atoms with Crippen LogP contribution in [0.1, 0.15) is 5.69 Å². The lowest BCUT2D eigenvalue weighted by Crippen LogP contribution is -2.54. The normalized spacial score (nSPS) is 16.0. The molecule has 2 N–H and O–H groups in total. The zero-order chi connectivity index (χ0) is 13.8. The minimum atomic E-state index is -0.557. The quantitative estimate of drug-likeness (QED) is 0.868. The third-order valence-corrected chi connectivity index (χ3v) is 4.15. The fraction of sp³-hybridized carbons (Fsp3) is 0.667. The molecule has 0 aromatic carbocycles. The highest BCUT2D eigenvalue weighted by atomic mass is 35.5. The fourth-order valence-electron chi connectivity index (χ4n) is 2.09. The van der Waals surface area contributed by atoms with Crippen LogP contribution in [0, 0.1) is 6.92 Å². The standard InChI is InChI=1S/C12H20N4O2S.2ClH/c1-9-8-19-12(14-9)16-5-3-15(4-6-16)11(17)10(13)7-18-2;;/h8,10H,3-7,13H2,1-2H3;2*1H. The van der Waals surface area contributed by atoms with Gasteiger partial charge in [0.15, 0.2) is 5.13 Å². The van der Waals surface area contributed by atoms with Gasteiger partial charge in [0, 0.05) is 38.7 Å². The lowest BCUT2D eigenvalue weighted by Gasteiger charge is -2.35. The van der Waals surface area contributed by atoms with E-state index in [1.165, 1.54) is 0 Å². The first-order valence-electron chi connectivity index (χ1n) is 6.32. The second-order valence-electron chi connectivity index (χ2n) is 4.65. The van der Waals surface area contributed by atoms with E-state index in [0.717, 1.165) is 23.9 Å². The number of aryl methyl sites for hydroxylation is 1. The number of nitrogens with two attached hydrogens (primary N) is 1. The minimum absolute atomic E-state index is 0. The Kier molecular flexibility index (Phi) is 9.15. The van der Waals surface area contributed by atoms with Gasteiger partial charge in [-0.1, -0.05) is 0 Å². The number of rotatable bonds is 4. The monoisotopic (exact) mass is 356 g/mol. The van der Waals surface area contributed by atoms with Gasteiger partial charge in [0.1, 0.15) is 6.04 Å². The van der Waals surface area contributed by atoms with Crippen LogP contribution >= 0.6 is 36.2 Å². The molecule has 1 atom stereocenters. The highest BCUT2D eigenvalue weighted by molar-refractivity contribution is 7.13. The van der Waals surface area contributed by atoms with Crippen molar-refractivity contribution < 1.29 is 9.53 Å². The van der Waals surface area contributed by atoms with Crippen LogP contribution in [0.4, 0.5) is 5.13 Å². The summed E-state index contributed by atoms with van der Waals surface area (Å²) in [6.45, 7) is 5.24. The van der Waals surface area contributed by atoms with E-state index in [1.807, 2.05) is 12.3 Å². The fourth-order valence-corrected chi connectivity index (χ4v) is 2.95. The number of aromatic nitrogens is 1. The number of nitrogens with zero attached hydrogens (tertiary/aromatic N) is 3. The number of carbonyl (C=O) groups is 1. The molecule has 1 aromatic heterocycles. The molecular weight excluding hydrogens is 335 g/mol. The zero-order valence-electron chi connectivity index (χ0n) is 12.2. The van der Waals surface area contributed by atoms with Crippen LogP contribution in [0.5, 0.6) is 0 Å². The summed E-state index contributed by atoms with van der Waals surface area (Å²) < 4.78 is 4.92. The van der Waals surface area contributed by atoms with Crippen molar-refractivity contribution in [2.45, 2.75) is 13.0 Å². The third kappa shape index (κ3) is 5.27. The van der Waals surface area contributed by atoms with Crippen molar-refractivity contribution in [3.05, 3.63) is 11.1 Å². The summed E-state index contributed by atoms with van der Waals surface area (Å²) in [5.41, 5.74) is 6.81. The molecule has 1 aromatic rings. The Hall–Kier alpha value is -0.600. The Morgan fingerprint density at radius 1 is 1.43 bits per heavy atom. The maximum absolute atomic E-state index is 12.0. The number of piperazine rings is 1. The summed E-state index contributed by atoms with van der Waals surface area (Å²) in [6, 6.07) is -0.557. The van der Waals surface area contributed by atoms with Crippen LogP contribution in [-0.4, -0.2) is 61.7 Å². The first-order valence-corrected chi connectivity index (χ1v) is 7.20. The van der Waals surface area contributed by atoms with Gasteiger partial charge in [0.05, 0.1) is 12.3 Å². The Morgan fingerprint density at radius 2 is 2.05 bits per heavy atom. The van der Waals surface area contributed by atoms with Gasteiger partial charge in [-0.15, -0.1) is 36.2 Å². The molecule has 1 unspecified atom stereocenters.